The van der Waals surface area contributed by atoms with E-state index in [1.54, 1.807) is 0 Å². The summed E-state index contributed by atoms with van der Waals surface area (Å²) >= 11 is 1.50. The molecule has 0 saturated heterocycles. The molecule has 0 saturated carbocycles. The second kappa shape index (κ2) is 6.11. The van der Waals surface area contributed by atoms with Crippen LogP contribution in [0.2, 0.25) is 0 Å². The van der Waals surface area contributed by atoms with Crippen LogP contribution in [0.3, 0.4) is 0 Å². The number of fused-ring (bicyclic) bond motifs is 2. The van der Waals surface area contributed by atoms with Gasteiger partial charge in [-0.3, -0.25) is 4.79 Å². The van der Waals surface area contributed by atoms with Gasteiger partial charge in [0, 0.05) is 28.5 Å². The highest BCUT2D eigenvalue weighted by atomic mass is 32.1. The third-order valence-corrected chi connectivity index (χ3v) is 5.71. The highest BCUT2D eigenvalue weighted by molar-refractivity contribution is 7.13. The van der Waals surface area contributed by atoms with E-state index in [4.69, 9.17) is 0 Å². The average Bonchev–Trinajstić information content (AvgIpc) is 3.34. The van der Waals surface area contributed by atoms with Gasteiger partial charge in [0.05, 0.1) is 5.69 Å². The molecule has 5 rings (SSSR count). The molecule has 0 unspecified atom stereocenters. The first-order chi connectivity index (χ1) is 12.8. The second-order valence-electron chi connectivity index (χ2n) is 6.50. The summed E-state index contributed by atoms with van der Waals surface area (Å²) in [6.07, 6.45) is 2.01. The highest BCUT2D eigenvalue weighted by Crippen LogP contribution is 2.30. The maximum absolute atomic E-state index is 13.0. The van der Waals surface area contributed by atoms with Crippen molar-refractivity contribution in [3.05, 3.63) is 71.2 Å². The molecule has 0 spiro atoms. The van der Waals surface area contributed by atoms with Gasteiger partial charge in [-0.1, -0.05) is 36.4 Å². The minimum atomic E-state index is -0.0178. The quantitative estimate of drug-likeness (QED) is 0.554. The van der Waals surface area contributed by atoms with Crippen molar-refractivity contribution in [3.8, 4) is 10.7 Å². The Morgan fingerprint density at radius 2 is 1.96 bits per heavy atom. The first-order valence-corrected chi connectivity index (χ1v) is 9.61. The fourth-order valence-electron chi connectivity index (χ4n) is 3.57. The number of carbonyl (C=O) groups excluding carboxylic acids is 1. The zero-order valence-electron chi connectivity index (χ0n) is 14.1. The van der Waals surface area contributed by atoms with Gasteiger partial charge >= 0.3 is 0 Å². The molecular weight excluding hydrogens is 342 g/mol. The molecule has 2 aromatic carbocycles. The van der Waals surface area contributed by atoms with E-state index in [0.717, 1.165) is 46.7 Å². The van der Waals surface area contributed by atoms with Gasteiger partial charge in [-0.05, 0) is 36.6 Å². The summed E-state index contributed by atoms with van der Waals surface area (Å²) in [5, 5.41) is 3.85. The van der Waals surface area contributed by atoms with Crippen LogP contribution < -0.4 is 4.90 Å². The number of anilines is 1. The van der Waals surface area contributed by atoms with Crippen LogP contribution in [-0.2, 0) is 6.42 Å². The lowest BCUT2D eigenvalue weighted by molar-refractivity contribution is 0.0981. The van der Waals surface area contributed by atoms with Crippen molar-refractivity contribution in [3.63, 3.8) is 0 Å². The lowest BCUT2D eigenvalue weighted by Gasteiger charge is -2.28. The molecule has 1 aliphatic heterocycles. The third-order valence-electron chi connectivity index (χ3n) is 4.84. The summed E-state index contributed by atoms with van der Waals surface area (Å²) in [5.41, 5.74) is 4.80. The number of para-hydroxylation sites is 2. The molecule has 1 N–H and O–H groups in total. The van der Waals surface area contributed by atoms with Crippen molar-refractivity contribution < 1.29 is 4.79 Å². The second-order valence-corrected chi connectivity index (χ2v) is 7.36. The summed E-state index contributed by atoms with van der Waals surface area (Å²) < 4.78 is 0. The number of carbonyl (C=O) groups is 1. The Kier molecular flexibility index (Phi) is 3.60. The van der Waals surface area contributed by atoms with Crippen molar-refractivity contribution in [2.24, 2.45) is 0 Å². The van der Waals surface area contributed by atoms with E-state index < -0.39 is 0 Å². The number of aromatic amines is 1. The maximum atomic E-state index is 13.0. The van der Waals surface area contributed by atoms with Gasteiger partial charge in [0.25, 0.3) is 5.91 Å². The molecule has 0 radical (unpaired) electrons. The topological polar surface area (TPSA) is 49.0 Å². The van der Waals surface area contributed by atoms with E-state index in [1.165, 1.54) is 16.9 Å². The summed E-state index contributed by atoms with van der Waals surface area (Å²) in [7, 11) is 0. The van der Waals surface area contributed by atoms with Crippen LogP contribution in [-0.4, -0.2) is 22.4 Å². The molecule has 4 aromatic rings. The lowest BCUT2D eigenvalue weighted by Crippen LogP contribution is -2.35. The molecule has 128 valence electrons. The summed E-state index contributed by atoms with van der Waals surface area (Å²) in [5.74, 6) is -0.0178. The maximum Gasteiger partial charge on any atom is 0.277 e. The van der Waals surface area contributed by atoms with Gasteiger partial charge in [0.1, 0.15) is 10.7 Å². The molecule has 2 aromatic heterocycles. The highest BCUT2D eigenvalue weighted by Gasteiger charge is 2.25. The Morgan fingerprint density at radius 3 is 2.88 bits per heavy atom. The normalized spacial score (nSPS) is 13.8. The lowest BCUT2D eigenvalue weighted by atomic mass is 10.0. The van der Waals surface area contributed by atoms with Gasteiger partial charge in [0.2, 0.25) is 0 Å². The SMILES string of the molecule is O=C(c1csc(-c2cc3ccccc3[nH]2)n1)N1CCCc2ccccc21. The molecule has 26 heavy (non-hydrogen) atoms. The smallest absolute Gasteiger partial charge is 0.277 e. The number of hydrogen-bond donors (Lipinski definition) is 1. The number of amides is 1. The fourth-order valence-corrected chi connectivity index (χ4v) is 4.33. The van der Waals surface area contributed by atoms with E-state index in [-0.39, 0.29) is 5.91 Å². The van der Waals surface area contributed by atoms with Crippen LogP contribution in [0.5, 0.6) is 0 Å². The number of thiazole rings is 1. The average molecular weight is 359 g/mol. The van der Waals surface area contributed by atoms with Gasteiger partial charge in [-0.15, -0.1) is 11.3 Å². The van der Waals surface area contributed by atoms with Crippen LogP contribution >= 0.6 is 11.3 Å². The summed E-state index contributed by atoms with van der Waals surface area (Å²) in [6.45, 7) is 0.745. The molecule has 1 amide bonds. The molecule has 0 bridgehead atoms. The predicted octanol–water partition coefficient (Wildman–Crippen LogP) is 4.88. The number of nitrogens with zero attached hydrogens (tertiary/aromatic N) is 2. The van der Waals surface area contributed by atoms with E-state index in [2.05, 4.69) is 28.2 Å². The molecular formula is C21H17N3OS. The van der Waals surface area contributed by atoms with Gasteiger partial charge in [-0.25, -0.2) is 4.98 Å². The van der Waals surface area contributed by atoms with E-state index in [9.17, 15) is 4.79 Å². The van der Waals surface area contributed by atoms with Crippen LogP contribution in [0.4, 0.5) is 5.69 Å². The molecule has 3 heterocycles. The molecule has 4 nitrogen and oxygen atoms in total. The number of rotatable bonds is 2. The first kappa shape index (κ1) is 15.3. The standard InChI is InChI=1S/C21H17N3OS/c25-21(24-11-5-8-14-6-2-4-10-19(14)24)18-13-26-20(23-18)17-12-15-7-1-3-9-16(15)22-17/h1-4,6-7,9-10,12-13,22H,5,8,11H2. The number of aryl methyl sites for hydroxylation is 1. The fraction of sp³-hybridized carbons (Fsp3) is 0.143. The van der Waals surface area contributed by atoms with Crippen molar-refractivity contribution in [2.75, 3.05) is 11.4 Å². The van der Waals surface area contributed by atoms with Crippen molar-refractivity contribution in [2.45, 2.75) is 12.8 Å². The van der Waals surface area contributed by atoms with Crippen molar-refractivity contribution in [1.29, 1.82) is 0 Å². The number of H-pyrrole nitrogens is 1. The first-order valence-electron chi connectivity index (χ1n) is 8.73. The molecule has 1 aliphatic rings. The number of nitrogens with one attached hydrogen (secondary N) is 1. The van der Waals surface area contributed by atoms with Crippen LogP contribution in [0, 0.1) is 0 Å². The molecule has 0 atom stereocenters. The minimum absolute atomic E-state index is 0.0178. The minimum Gasteiger partial charge on any atom is -0.353 e. The Bertz CT molecular complexity index is 1080. The predicted molar refractivity (Wildman–Crippen MR) is 106 cm³/mol. The van der Waals surface area contributed by atoms with Crippen LogP contribution in [0.25, 0.3) is 21.6 Å². The zero-order chi connectivity index (χ0) is 17.5. The number of benzene rings is 2. The van der Waals surface area contributed by atoms with Crippen LogP contribution in [0.15, 0.2) is 60.0 Å². The van der Waals surface area contributed by atoms with Gasteiger partial charge < -0.3 is 9.88 Å². The Balaban J connectivity index is 1.48. The van der Waals surface area contributed by atoms with E-state index in [1.807, 2.05) is 46.7 Å². The van der Waals surface area contributed by atoms with Crippen LogP contribution in [0.1, 0.15) is 22.5 Å². The number of hydrogen-bond acceptors (Lipinski definition) is 3. The largest absolute Gasteiger partial charge is 0.353 e. The Labute approximate surface area is 155 Å². The third kappa shape index (κ3) is 2.52. The Morgan fingerprint density at radius 1 is 1.12 bits per heavy atom. The Hall–Kier alpha value is -2.92. The summed E-state index contributed by atoms with van der Waals surface area (Å²) in [4.78, 5) is 22.9. The van der Waals surface area contributed by atoms with Crippen molar-refractivity contribution >= 4 is 33.8 Å². The zero-order valence-corrected chi connectivity index (χ0v) is 14.9. The number of aromatic nitrogens is 2. The molecule has 0 fully saturated rings. The van der Waals surface area contributed by atoms with Gasteiger partial charge in [-0.2, -0.15) is 0 Å². The van der Waals surface area contributed by atoms with E-state index >= 15 is 0 Å². The molecule has 0 aliphatic carbocycles. The summed E-state index contributed by atoms with van der Waals surface area (Å²) in [6, 6.07) is 18.4. The van der Waals surface area contributed by atoms with Crippen molar-refractivity contribution in [1.82, 2.24) is 9.97 Å². The molecule has 5 heteroatoms. The van der Waals surface area contributed by atoms with Gasteiger partial charge in [0.15, 0.2) is 0 Å². The van der Waals surface area contributed by atoms with E-state index in [0.29, 0.717) is 5.69 Å². The monoisotopic (exact) mass is 359 g/mol.